The van der Waals surface area contributed by atoms with E-state index in [1.54, 1.807) is 0 Å². The van der Waals surface area contributed by atoms with Gasteiger partial charge in [-0.15, -0.1) is 19.0 Å². The third-order valence-electron chi connectivity index (χ3n) is 2.26. The van der Waals surface area contributed by atoms with Gasteiger partial charge in [0.25, 0.3) is 5.69 Å². The largest absolute Gasteiger partial charge is 0.506 e. The van der Waals surface area contributed by atoms with Crippen molar-refractivity contribution in [3.8, 4) is 5.75 Å². The maximum Gasteiger partial charge on any atom is 0.271 e. The molecule has 0 fully saturated rings. The van der Waals surface area contributed by atoms with Crippen LogP contribution in [-0.4, -0.2) is 10.0 Å². The molecule has 0 unspecified atom stereocenters. The van der Waals surface area contributed by atoms with E-state index in [-0.39, 0.29) is 28.3 Å². The number of phenolic OH excluding ortho intramolecular Hbond substituents is 1. The molecule has 0 radical (unpaired) electrons. The molecule has 1 atom stereocenters. The lowest BCUT2D eigenvalue weighted by Crippen LogP contribution is -2.11. The van der Waals surface area contributed by atoms with Crippen LogP contribution in [-0.2, 0) is 0 Å². The summed E-state index contributed by atoms with van der Waals surface area (Å²) in [5.74, 6) is -0.0654. The van der Waals surface area contributed by atoms with Gasteiger partial charge in [-0.05, 0) is 29.3 Å². The number of hydrogen-bond donors (Lipinski definition) is 2. The Morgan fingerprint density at radius 2 is 2.22 bits per heavy atom. The molecule has 100 valence electrons. The van der Waals surface area contributed by atoms with Crippen molar-refractivity contribution >= 4 is 34.0 Å². The lowest BCUT2D eigenvalue weighted by molar-refractivity contribution is -0.385. The average Bonchev–Trinajstić information content (AvgIpc) is 2.20. The lowest BCUT2D eigenvalue weighted by atomic mass is 10.00. The number of halogens is 2. The second kappa shape index (κ2) is 6.72. The van der Waals surface area contributed by atoms with E-state index >= 15 is 0 Å². The van der Waals surface area contributed by atoms with Crippen molar-refractivity contribution in [3.63, 3.8) is 0 Å². The molecule has 7 heteroatoms. The number of nitro benzene ring substituents is 1. The zero-order valence-corrected chi connectivity index (χ0v) is 12.1. The Morgan fingerprint density at radius 1 is 1.67 bits per heavy atom. The van der Waals surface area contributed by atoms with Crippen LogP contribution in [0.3, 0.4) is 0 Å². The number of nitrogens with zero attached hydrogens (tertiary/aromatic N) is 1. The molecule has 5 nitrogen and oxygen atoms in total. The van der Waals surface area contributed by atoms with E-state index in [0.29, 0.717) is 12.0 Å². The summed E-state index contributed by atoms with van der Waals surface area (Å²) in [5.41, 5.74) is 6.95. The first-order valence-corrected chi connectivity index (χ1v) is 5.69. The summed E-state index contributed by atoms with van der Waals surface area (Å²) in [6.45, 7) is 5.53. The number of nitro groups is 1. The summed E-state index contributed by atoms with van der Waals surface area (Å²) < 4.78 is 0.263. The molecule has 1 aromatic rings. The second-order valence-corrected chi connectivity index (χ2v) is 4.74. The number of nitrogens with two attached hydrogens (primary N) is 1. The van der Waals surface area contributed by atoms with Crippen LogP contribution < -0.4 is 5.73 Å². The van der Waals surface area contributed by atoms with Crippen molar-refractivity contribution < 1.29 is 10.0 Å². The Balaban J connectivity index is 0.00000289. The van der Waals surface area contributed by atoms with Gasteiger partial charge in [-0.1, -0.05) is 5.57 Å². The van der Waals surface area contributed by atoms with Crippen molar-refractivity contribution in [2.45, 2.75) is 19.4 Å². The number of hydrogen-bond acceptors (Lipinski definition) is 4. The number of rotatable bonds is 4. The molecule has 0 aliphatic heterocycles. The zero-order valence-electron chi connectivity index (χ0n) is 9.72. The normalized spacial score (nSPS) is 11.5. The van der Waals surface area contributed by atoms with Crippen LogP contribution in [0, 0.1) is 10.1 Å². The van der Waals surface area contributed by atoms with Gasteiger partial charge in [0.1, 0.15) is 5.75 Å². The molecule has 0 spiro atoms. The van der Waals surface area contributed by atoms with Crippen molar-refractivity contribution in [1.29, 1.82) is 0 Å². The highest BCUT2D eigenvalue weighted by molar-refractivity contribution is 9.10. The Kier molecular flexibility index (Phi) is 6.31. The minimum atomic E-state index is -0.527. The monoisotopic (exact) mass is 336 g/mol. The predicted molar refractivity (Wildman–Crippen MR) is 76.1 cm³/mol. The molecule has 0 heterocycles. The quantitative estimate of drug-likeness (QED) is 0.500. The first kappa shape index (κ1) is 16.9. The molecule has 0 aliphatic carbocycles. The van der Waals surface area contributed by atoms with Crippen LogP contribution in [0.5, 0.6) is 5.75 Å². The summed E-state index contributed by atoms with van der Waals surface area (Å²) in [5, 5.41) is 20.5. The van der Waals surface area contributed by atoms with E-state index in [1.807, 2.05) is 6.92 Å². The van der Waals surface area contributed by atoms with Gasteiger partial charge >= 0.3 is 0 Å². The fraction of sp³-hybridized carbons (Fsp3) is 0.273. The minimum Gasteiger partial charge on any atom is -0.506 e. The smallest absolute Gasteiger partial charge is 0.271 e. The molecule has 0 saturated carbocycles. The molecule has 0 saturated heterocycles. The first-order chi connectivity index (χ1) is 7.82. The molecule has 0 aromatic heterocycles. The van der Waals surface area contributed by atoms with Crippen LogP contribution >= 0.6 is 28.3 Å². The van der Waals surface area contributed by atoms with E-state index in [9.17, 15) is 15.2 Å². The summed E-state index contributed by atoms with van der Waals surface area (Å²) in [7, 11) is 0. The van der Waals surface area contributed by atoms with Crippen LogP contribution in [0.25, 0.3) is 0 Å². The minimum absolute atomic E-state index is 0. The van der Waals surface area contributed by atoms with Gasteiger partial charge in [-0.25, -0.2) is 0 Å². The van der Waals surface area contributed by atoms with Gasteiger partial charge in [0.05, 0.1) is 9.40 Å². The molecular weight excluding hydrogens is 323 g/mol. The fourth-order valence-electron chi connectivity index (χ4n) is 1.48. The maximum absolute atomic E-state index is 10.7. The molecule has 0 aliphatic rings. The highest BCUT2D eigenvalue weighted by atomic mass is 79.9. The van der Waals surface area contributed by atoms with Gasteiger partial charge < -0.3 is 10.8 Å². The molecular formula is C11H14BrClN2O3. The van der Waals surface area contributed by atoms with Crippen LogP contribution in [0.2, 0.25) is 0 Å². The van der Waals surface area contributed by atoms with E-state index < -0.39 is 11.0 Å². The highest BCUT2D eigenvalue weighted by Crippen LogP contribution is 2.36. The summed E-state index contributed by atoms with van der Waals surface area (Å²) >= 11 is 3.07. The van der Waals surface area contributed by atoms with Crippen molar-refractivity contribution in [3.05, 3.63) is 44.4 Å². The number of phenols is 1. The number of benzene rings is 1. The van der Waals surface area contributed by atoms with E-state index in [2.05, 4.69) is 22.5 Å². The Morgan fingerprint density at radius 3 is 2.67 bits per heavy atom. The molecule has 1 rings (SSSR count). The van der Waals surface area contributed by atoms with Gasteiger partial charge in [-0.3, -0.25) is 10.1 Å². The Bertz CT molecular complexity index is 480. The van der Waals surface area contributed by atoms with Crippen LogP contribution in [0.4, 0.5) is 5.69 Å². The first-order valence-electron chi connectivity index (χ1n) is 4.89. The van der Waals surface area contributed by atoms with Crippen molar-refractivity contribution in [2.24, 2.45) is 5.73 Å². The summed E-state index contributed by atoms with van der Waals surface area (Å²) in [6, 6.07) is 2.02. The van der Waals surface area contributed by atoms with Crippen LogP contribution in [0.15, 0.2) is 28.8 Å². The molecule has 0 amide bonds. The molecule has 0 bridgehead atoms. The standard InChI is InChI=1S/C11H13BrN2O3.ClH/c1-6(2)3-10(13)8-4-7(14(16)17)5-9(12)11(8)15;/h4-5,10,15H,1,3,13H2,2H3;1H/t10-;/m1./s1. The van der Waals surface area contributed by atoms with Crippen LogP contribution in [0.1, 0.15) is 24.9 Å². The number of aromatic hydroxyl groups is 1. The zero-order chi connectivity index (χ0) is 13.2. The maximum atomic E-state index is 10.7. The highest BCUT2D eigenvalue weighted by Gasteiger charge is 2.19. The van der Waals surface area contributed by atoms with E-state index in [0.717, 1.165) is 5.57 Å². The topological polar surface area (TPSA) is 89.4 Å². The van der Waals surface area contributed by atoms with Gasteiger partial charge in [0.2, 0.25) is 0 Å². The lowest BCUT2D eigenvalue weighted by Gasteiger charge is -2.14. The SMILES string of the molecule is C=C(C)C[C@@H](N)c1cc([N+](=O)[O-])cc(Br)c1O.Cl. The Labute approximate surface area is 119 Å². The van der Waals surface area contributed by atoms with Crippen molar-refractivity contribution in [1.82, 2.24) is 0 Å². The molecule has 18 heavy (non-hydrogen) atoms. The summed E-state index contributed by atoms with van der Waals surface area (Å²) in [4.78, 5) is 10.2. The molecule has 1 aromatic carbocycles. The van der Waals surface area contributed by atoms with Gasteiger partial charge in [0.15, 0.2) is 0 Å². The Hall–Kier alpha value is -1.11. The van der Waals surface area contributed by atoms with E-state index in [1.165, 1.54) is 12.1 Å². The summed E-state index contributed by atoms with van der Waals surface area (Å²) in [6.07, 6.45) is 0.459. The van der Waals surface area contributed by atoms with E-state index in [4.69, 9.17) is 5.73 Å². The van der Waals surface area contributed by atoms with Gasteiger partial charge in [0, 0.05) is 23.7 Å². The predicted octanol–water partition coefficient (Wildman–Crippen LogP) is 3.45. The third-order valence-corrected chi connectivity index (χ3v) is 2.86. The second-order valence-electron chi connectivity index (χ2n) is 3.89. The van der Waals surface area contributed by atoms with Gasteiger partial charge in [-0.2, -0.15) is 0 Å². The fourth-order valence-corrected chi connectivity index (χ4v) is 1.94. The third kappa shape index (κ3) is 3.97. The number of non-ortho nitro benzene ring substituents is 1. The molecule has 3 N–H and O–H groups in total. The van der Waals surface area contributed by atoms with Crippen molar-refractivity contribution in [2.75, 3.05) is 0 Å². The average molecular weight is 338 g/mol.